The number of aromatic amines is 1. The molecule has 0 aliphatic rings. The molecule has 0 spiro atoms. The molecule has 5 heteroatoms. The van der Waals surface area contributed by atoms with E-state index in [0.29, 0.717) is 5.69 Å². The average molecular weight is 243 g/mol. The number of nitrogens with one attached hydrogen (secondary N) is 1. The zero-order chi connectivity index (χ0) is 13.1. The summed E-state index contributed by atoms with van der Waals surface area (Å²) >= 11 is 0. The standard InChI is InChI=1S/C13H13N3O2/c1-8-3-4-10(9(2)7-8)5-6-11-12(13(17)18)15-16-14-11/h3-7H,1-2H3,(H,17,18)(H,14,15,16)/b6-5+. The van der Waals surface area contributed by atoms with Crippen LogP contribution in [0.3, 0.4) is 0 Å². The molecule has 0 aliphatic heterocycles. The van der Waals surface area contributed by atoms with Gasteiger partial charge in [-0.05, 0) is 31.1 Å². The summed E-state index contributed by atoms with van der Waals surface area (Å²) in [4.78, 5) is 10.8. The highest BCUT2D eigenvalue weighted by atomic mass is 16.4. The lowest BCUT2D eigenvalue weighted by Crippen LogP contribution is -1.98. The number of rotatable bonds is 3. The molecule has 2 aromatic rings. The Kier molecular flexibility index (Phi) is 3.23. The van der Waals surface area contributed by atoms with Gasteiger partial charge in [0.15, 0.2) is 5.69 Å². The van der Waals surface area contributed by atoms with Gasteiger partial charge in [-0.3, -0.25) is 0 Å². The number of nitrogens with zero attached hydrogens (tertiary/aromatic N) is 2. The van der Waals surface area contributed by atoms with Crippen LogP contribution < -0.4 is 0 Å². The van der Waals surface area contributed by atoms with Gasteiger partial charge in [0.2, 0.25) is 0 Å². The first kappa shape index (κ1) is 12.0. The van der Waals surface area contributed by atoms with Crippen molar-refractivity contribution in [3.8, 4) is 0 Å². The van der Waals surface area contributed by atoms with Crippen molar-refractivity contribution in [2.45, 2.75) is 13.8 Å². The van der Waals surface area contributed by atoms with Crippen LogP contribution in [0, 0.1) is 13.8 Å². The van der Waals surface area contributed by atoms with E-state index in [1.54, 1.807) is 6.08 Å². The number of hydrogen-bond acceptors (Lipinski definition) is 3. The predicted octanol–water partition coefficient (Wildman–Crippen LogP) is 2.29. The van der Waals surface area contributed by atoms with Crippen molar-refractivity contribution in [3.63, 3.8) is 0 Å². The molecular formula is C13H13N3O2. The monoisotopic (exact) mass is 243 g/mol. The van der Waals surface area contributed by atoms with Gasteiger partial charge in [-0.2, -0.15) is 10.3 Å². The van der Waals surface area contributed by atoms with Crippen LogP contribution in [0.1, 0.15) is 32.9 Å². The molecule has 0 bridgehead atoms. The van der Waals surface area contributed by atoms with Crippen LogP contribution in [0.5, 0.6) is 0 Å². The molecule has 18 heavy (non-hydrogen) atoms. The first-order valence-electron chi connectivity index (χ1n) is 5.47. The summed E-state index contributed by atoms with van der Waals surface area (Å²) in [5, 5.41) is 18.6. The van der Waals surface area contributed by atoms with Crippen LogP contribution in [0.2, 0.25) is 0 Å². The number of benzene rings is 1. The first-order chi connectivity index (χ1) is 8.58. The zero-order valence-electron chi connectivity index (χ0n) is 10.1. The Hall–Kier alpha value is -2.43. The summed E-state index contributed by atoms with van der Waals surface area (Å²) in [6.45, 7) is 4.04. The number of aromatic nitrogens is 3. The molecular weight excluding hydrogens is 230 g/mol. The van der Waals surface area contributed by atoms with Crippen LogP contribution in [0.15, 0.2) is 18.2 Å². The van der Waals surface area contributed by atoms with E-state index >= 15 is 0 Å². The number of carbonyl (C=O) groups is 1. The Morgan fingerprint density at radius 1 is 1.28 bits per heavy atom. The highest BCUT2D eigenvalue weighted by Crippen LogP contribution is 2.14. The van der Waals surface area contributed by atoms with E-state index in [9.17, 15) is 4.79 Å². The van der Waals surface area contributed by atoms with Crippen molar-refractivity contribution in [1.82, 2.24) is 15.4 Å². The molecule has 1 heterocycles. The normalized spacial score (nSPS) is 11.0. The van der Waals surface area contributed by atoms with Crippen LogP contribution in [-0.2, 0) is 0 Å². The predicted molar refractivity (Wildman–Crippen MR) is 68.2 cm³/mol. The van der Waals surface area contributed by atoms with E-state index in [4.69, 9.17) is 5.11 Å². The van der Waals surface area contributed by atoms with Crippen molar-refractivity contribution in [2.75, 3.05) is 0 Å². The fraction of sp³-hybridized carbons (Fsp3) is 0.154. The number of carboxylic acids is 1. The Morgan fingerprint density at radius 3 is 2.72 bits per heavy atom. The molecule has 0 atom stereocenters. The summed E-state index contributed by atoms with van der Waals surface area (Å²) in [5.41, 5.74) is 3.60. The Morgan fingerprint density at radius 2 is 2.06 bits per heavy atom. The van der Waals surface area contributed by atoms with Gasteiger partial charge in [-0.15, -0.1) is 5.10 Å². The highest BCUT2D eigenvalue weighted by Gasteiger charge is 2.12. The number of H-pyrrole nitrogens is 1. The molecule has 1 aromatic carbocycles. The van der Waals surface area contributed by atoms with Crippen molar-refractivity contribution >= 4 is 18.1 Å². The van der Waals surface area contributed by atoms with Gasteiger partial charge in [0, 0.05) is 0 Å². The van der Waals surface area contributed by atoms with Gasteiger partial charge in [-0.25, -0.2) is 4.79 Å². The molecule has 5 nitrogen and oxygen atoms in total. The van der Waals surface area contributed by atoms with E-state index in [1.165, 1.54) is 5.56 Å². The minimum atomic E-state index is -1.09. The molecule has 1 aromatic heterocycles. The molecule has 0 radical (unpaired) electrons. The quantitative estimate of drug-likeness (QED) is 0.866. The van der Waals surface area contributed by atoms with Crippen LogP contribution in [0.25, 0.3) is 12.2 Å². The summed E-state index contributed by atoms with van der Waals surface area (Å²) in [6.07, 6.45) is 3.48. The largest absolute Gasteiger partial charge is 0.476 e. The smallest absolute Gasteiger partial charge is 0.358 e. The van der Waals surface area contributed by atoms with Gasteiger partial charge in [0.25, 0.3) is 0 Å². The Bertz CT molecular complexity index is 614. The van der Waals surface area contributed by atoms with Gasteiger partial charge in [0.05, 0.1) is 0 Å². The van der Waals surface area contributed by atoms with E-state index in [2.05, 4.69) is 21.5 Å². The molecule has 2 N–H and O–H groups in total. The Labute approximate surface area is 104 Å². The molecule has 0 amide bonds. The summed E-state index contributed by atoms with van der Waals surface area (Å²) in [5.74, 6) is -1.09. The van der Waals surface area contributed by atoms with Crippen LogP contribution >= 0.6 is 0 Å². The first-order valence-corrected chi connectivity index (χ1v) is 5.47. The molecule has 92 valence electrons. The SMILES string of the molecule is Cc1ccc(/C=C/c2n[nH]nc2C(=O)O)c(C)c1. The number of aryl methyl sites for hydroxylation is 2. The summed E-state index contributed by atoms with van der Waals surface area (Å²) < 4.78 is 0. The van der Waals surface area contributed by atoms with Gasteiger partial charge in [-0.1, -0.05) is 29.8 Å². The summed E-state index contributed by atoms with van der Waals surface area (Å²) in [6, 6.07) is 6.07. The zero-order valence-corrected chi connectivity index (χ0v) is 10.1. The fourth-order valence-electron chi connectivity index (χ4n) is 1.69. The van der Waals surface area contributed by atoms with E-state index in [-0.39, 0.29) is 5.69 Å². The third-order valence-electron chi connectivity index (χ3n) is 2.62. The third-order valence-corrected chi connectivity index (χ3v) is 2.62. The maximum Gasteiger partial charge on any atom is 0.358 e. The minimum Gasteiger partial charge on any atom is -0.476 e. The number of hydrogen-bond donors (Lipinski definition) is 2. The van der Waals surface area contributed by atoms with Gasteiger partial charge >= 0.3 is 5.97 Å². The Balaban J connectivity index is 2.30. The van der Waals surface area contributed by atoms with E-state index < -0.39 is 5.97 Å². The maximum absolute atomic E-state index is 10.8. The lowest BCUT2D eigenvalue weighted by atomic mass is 10.1. The molecule has 2 rings (SSSR count). The molecule has 0 aliphatic carbocycles. The maximum atomic E-state index is 10.8. The van der Waals surface area contributed by atoms with Crippen molar-refractivity contribution in [3.05, 3.63) is 46.3 Å². The van der Waals surface area contributed by atoms with Crippen molar-refractivity contribution < 1.29 is 9.90 Å². The van der Waals surface area contributed by atoms with Gasteiger partial charge in [0.1, 0.15) is 5.69 Å². The lowest BCUT2D eigenvalue weighted by Gasteiger charge is -2.01. The minimum absolute atomic E-state index is 0.0731. The van der Waals surface area contributed by atoms with Gasteiger partial charge < -0.3 is 5.11 Å². The number of aromatic carboxylic acids is 1. The fourth-order valence-corrected chi connectivity index (χ4v) is 1.69. The molecule has 0 unspecified atom stereocenters. The molecule has 0 saturated heterocycles. The lowest BCUT2D eigenvalue weighted by molar-refractivity contribution is 0.0690. The summed E-state index contributed by atoms with van der Waals surface area (Å²) in [7, 11) is 0. The molecule has 0 saturated carbocycles. The second-order valence-electron chi connectivity index (χ2n) is 4.06. The second kappa shape index (κ2) is 4.83. The van der Waals surface area contributed by atoms with Crippen LogP contribution in [-0.4, -0.2) is 26.5 Å². The van der Waals surface area contributed by atoms with E-state index in [1.807, 2.05) is 32.1 Å². The van der Waals surface area contributed by atoms with Crippen LogP contribution in [0.4, 0.5) is 0 Å². The highest BCUT2D eigenvalue weighted by molar-refractivity contribution is 5.90. The average Bonchev–Trinajstić information content (AvgIpc) is 2.76. The molecule has 0 fully saturated rings. The number of carboxylic acid groups (broad SMARTS) is 1. The van der Waals surface area contributed by atoms with Crippen molar-refractivity contribution in [2.24, 2.45) is 0 Å². The third kappa shape index (κ3) is 2.45. The van der Waals surface area contributed by atoms with Crippen molar-refractivity contribution in [1.29, 1.82) is 0 Å². The second-order valence-corrected chi connectivity index (χ2v) is 4.06. The van der Waals surface area contributed by atoms with E-state index in [0.717, 1.165) is 11.1 Å². The topological polar surface area (TPSA) is 78.9 Å².